The highest BCUT2D eigenvalue weighted by Crippen LogP contribution is 2.16. The Morgan fingerprint density at radius 1 is 1.29 bits per heavy atom. The second-order valence-electron chi connectivity index (χ2n) is 3.43. The van der Waals surface area contributed by atoms with Gasteiger partial charge in [0.1, 0.15) is 0 Å². The van der Waals surface area contributed by atoms with Crippen LogP contribution in [0.25, 0.3) is 0 Å². The van der Waals surface area contributed by atoms with Crippen LogP contribution in [0.15, 0.2) is 0 Å². The molecule has 1 unspecified atom stereocenters. The van der Waals surface area contributed by atoms with Crippen LogP contribution >= 0.6 is 23.5 Å². The molecule has 0 aliphatic carbocycles. The summed E-state index contributed by atoms with van der Waals surface area (Å²) in [5.74, 6) is 4.84. The van der Waals surface area contributed by atoms with Crippen molar-refractivity contribution < 1.29 is 10.2 Å². The number of aliphatic hydroxyl groups excluding tert-OH is 2. The molecule has 1 aliphatic rings. The van der Waals surface area contributed by atoms with Crippen molar-refractivity contribution in [1.82, 2.24) is 5.32 Å². The van der Waals surface area contributed by atoms with Crippen LogP contribution in [0.5, 0.6) is 0 Å². The predicted octanol–water partition coefficient (Wildman–Crippen LogP) is 0.168. The first-order valence-electron chi connectivity index (χ1n) is 5.00. The van der Waals surface area contributed by atoms with E-state index in [1.165, 1.54) is 23.0 Å². The van der Waals surface area contributed by atoms with Crippen molar-refractivity contribution in [3.05, 3.63) is 0 Å². The van der Waals surface area contributed by atoms with Gasteiger partial charge in [-0.25, -0.2) is 0 Å². The molecule has 3 N–H and O–H groups in total. The Bertz CT molecular complexity index is 141. The van der Waals surface area contributed by atoms with Crippen molar-refractivity contribution in [2.45, 2.75) is 18.6 Å². The smallest absolute Gasteiger partial charge is 0.0783 e. The standard InChI is InChI=1S/C9H19NO2S2/c11-5-9(12)1-2-10-8-6-13-3-4-14-7-8/h8-12H,1-7H2. The lowest BCUT2D eigenvalue weighted by molar-refractivity contribution is 0.0880. The van der Waals surface area contributed by atoms with Gasteiger partial charge in [0.2, 0.25) is 0 Å². The van der Waals surface area contributed by atoms with E-state index in [4.69, 9.17) is 10.2 Å². The molecule has 1 saturated heterocycles. The number of hydrogen-bond donors (Lipinski definition) is 3. The minimum atomic E-state index is -0.561. The summed E-state index contributed by atoms with van der Waals surface area (Å²) >= 11 is 3.99. The third-order valence-electron chi connectivity index (χ3n) is 2.13. The average molecular weight is 237 g/mol. The largest absolute Gasteiger partial charge is 0.394 e. The zero-order valence-corrected chi connectivity index (χ0v) is 9.95. The maximum absolute atomic E-state index is 9.14. The van der Waals surface area contributed by atoms with E-state index in [2.05, 4.69) is 5.32 Å². The molecule has 0 saturated carbocycles. The van der Waals surface area contributed by atoms with Crippen molar-refractivity contribution in [2.75, 3.05) is 36.2 Å². The highest BCUT2D eigenvalue weighted by Gasteiger charge is 2.12. The molecule has 0 radical (unpaired) electrons. The fourth-order valence-electron chi connectivity index (χ4n) is 1.28. The maximum Gasteiger partial charge on any atom is 0.0783 e. The summed E-state index contributed by atoms with van der Waals surface area (Å²) in [6.45, 7) is 0.670. The summed E-state index contributed by atoms with van der Waals surface area (Å²) in [5.41, 5.74) is 0. The molecule has 0 spiro atoms. The van der Waals surface area contributed by atoms with Gasteiger partial charge >= 0.3 is 0 Å². The molecule has 1 fully saturated rings. The van der Waals surface area contributed by atoms with E-state index in [0.29, 0.717) is 12.5 Å². The molecule has 1 aliphatic heterocycles. The number of rotatable bonds is 5. The molecule has 14 heavy (non-hydrogen) atoms. The molecular formula is C9H19NO2S2. The summed E-state index contributed by atoms with van der Waals surface area (Å²) in [6.07, 6.45) is 0.0797. The highest BCUT2D eigenvalue weighted by atomic mass is 32.2. The highest BCUT2D eigenvalue weighted by molar-refractivity contribution is 8.03. The van der Waals surface area contributed by atoms with E-state index < -0.39 is 6.10 Å². The van der Waals surface area contributed by atoms with Gasteiger partial charge in [0.15, 0.2) is 0 Å². The molecule has 0 bridgehead atoms. The van der Waals surface area contributed by atoms with Crippen LogP contribution in [0.3, 0.4) is 0 Å². The van der Waals surface area contributed by atoms with Crippen molar-refractivity contribution in [3.63, 3.8) is 0 Å². The molecule has 3 nitrogen and oxygen atoms in total. The van der Waals surface area contributed by atoms with Crippen LogP contribution in [-0.4, -0.2) is 58.5 Å². The first-order valence-corrected chi connectivity index (χ1v) is 7.31. The van der Waals surface area contributed by atoms with Crippen LogP contribution in [-0.2, 0) is 0 Å². The fraction of sp³-hybridized carbons (Fsp3) is 1.00. The van der Waals surface area contributed by atoms with Gasteiger partial charge in [-0.15, -0.1) is 0 Å². The lowest BCUT2D eigenvalue weighted by atomic mass is 10.2. The van der Waals surface area contributed by atoms with Crippen LogP contribution < -0.4 is 5.32 Å². The predicted molar refractivity (Wildman–Crippen MR) is 64.2 cm³/mol. The van der Waals surface area contributed by atoms with Gasteiger partial charge in [0.05, 0.1) is 12.7 Å². The van der Waals surface area contributed by atoms with Gasteiger partial charge in [-0.2, -0.15) is 23.5 Å². The van der Waals surface area contributed by atoms with E-state index in [0.717, 1.165) is 6.54 Å². The normalized spacial score (nSPS) is 21.9. The van der Waals surface area contributed by atoms with Crippen molar-refractivity contribution >= 4 is 23.5 Å². The fourth-order valence-corrected chi connectivity index (χ4v) is 3.75. The van der Waals surface area contributed by atoms with Gasteiger partial charge in [-0.05, 0) is 13.0 Å². The molecule has 0 amide bonds. The quantitative estimate of drug-likeness (QED) is 0.636. The number of hydrogen-bond acceptors (Lipinski definition) is 5. The Balaban J connectivity index is 2.04. The summed E-state index contributed by atoms with van der Waals surface area (Å²) in [5, 5.41) is 21.2. The third kappa shape index (κ3) is 5.46. The average Bonchev–Trinajstić information content (AvgIpc) is 2.46. The Labute approximate surface area is 94.0 Å². The molecule has 5 heteroatoms. The second kappa shape index (κ2) is 7.82. The second-order valence-corrected chi connectivity index (χ2v) is 5.73. The van der Waals surface area contributed by atoms with E-state index in [9.17, 15) is 0 Å². The third-order valence-corrected chi connectivity index (χ3v) is 4.65. The Morgan fingerprint density at radius 3 is 2.50 bits per heavy atom. The van der Waals surface area contributed by atoms with Crippen LogP contribution in [0.4, 0.5) is 0 Å². The molecule has 84 valence electrons. The van der Waals surface area contributed by atoms with Crippen LogP contribution in [0.1, 0.15) is 6.42 Å². The van der Waals surface area contributed by atoms with Crippen LogP contribution in [0.2, 0.25) is 0 Å². The first kappa shape index (κ1) is 12.6. The zero-order valence-electron chi connectivity index (χ0n) is 8.32. The van der Waals surface area contributed by atoms with Gasteiger partial charge in [0.25, 0.3) is 0 Å². The lowest BCUT2D eigenvalue weighted by Gasteiger charge is -2.16. The van der Waals surface area contributed by atoms with E-state index in [1.807, 2.05) is 23.5 Å². The molecule has 1 atom stereocenters. The Morgan fingerprint density at radius 2 is 1.93 bits per heavy atom. The van der Waals surface area contributed by atoms with Gasteiger partial charge in [-0.3, -0.25) is 0 Å². The number of aliphatic hydroxyl groups is 2. The molecule has 0 aromatic rings. The van der Waals surface area contributed by atoms with Gasteiger partial charge < -0.3 is 15.5 Å². The number of thioether (sulfide) groups is 2. The van der Waals surface area contributed by atoms with E-state index in [-0.39, 0.29) is 6.61 Å². The van der Waals surface area contributed by atoms with Crippen LogP contribution in [0, 0.1) is 0 Å². The minimum Gasteiger partial charge on any atom is -0.394 e. The van der Waals surface area contributed by atoms with Gasteiger partial charge in [0, 0.05) is 29.1 Å². The lowest BCUT2D eigenvalue weighted by Crippen LogP contribution is -2.35. The molecule has 0 aromatic heterocycles. The minimum absolute atomic E-state index is 0.129. The summed E-state index contributed by atoms with van der Waals surface area (Å²) in [4.78, 5) is 0. The Kier molecular flexibility index (Phi) is 7.06. The molecule has 1 rings (SSSR count). The number of nitrogens with one attached hydrogen (secondary N) is 1. The van der Waals surface area contributed by atoms with Crippen molar-refractivity contribution in [3.8, 4) is 0 Å². The first-order chi connectivity index (χ1) is 6.83. The van der Waals surface area contributed by atoms with E-state index >= 15 is 0 Å². The molecule has 1 heterocycles. The van der Waals surface area contributed by atoms with Crippen molar-refractivity contribution in [1.29, 1.82) is 0 Å². The van der Waals surface area contributed by atoms with Crippen molar-refractivity contribution in [2.24, 2.45) is 0 Å². The summed E-state index contributed by atoms with van der Waals surface area (Å²) in [7, 11) is 0. The topological polar surface area (TPSA) is 52.5 Å². The Hall–Kier alpha value is 0.580. The zero-order chi connectivity index (χ0) is 10.2. The van der Waals surface area contributed by atoms with E-state index in [1.54, 1.807) is 0 Å². The monoisotopic (exact) mass is 237 g/mol. The summed E-state index contributed by atoms with van der Waals surface area (Å²) in [6, 6.07) is 0.568. The molecule has 0 aromatic carbocycles. The molecular weight excluding hydrogens is 218 g/mol. The maximum atomic E-state index is 9.14. The SMILES string of the molecule is OCC(O)CCNC1CSCCSC1. The van der Waals surface area contributed by atoms with Gasteiger partial charge in [-0.1, -0.05) is 0 Å². The summed E-state index contributed by atoms with van der Waals surface area (Å²) < 4.78 is 0.